The minimum atomic E-state index is -1.10. The van der Waals surface area contributed by atoms with Gasteiger partial charge in [0.05, 0.1) is 30.2 Å². The Kier molecular flexibility index (Phi) is 3.68. The number of aromatic amines is 1. The molecule has 1 aromatic carbocycles. The van der Waals surface area contributed by atoms with E-state index in [9.17, 15) is 19.1 Å². The molecule has 0 spiro atoms. The van der Waals surface area contributed by atoms with E-state index in [1.165, 1.54) is 4.90 Å². The van der Waals surface area contributed by atoms with Gasteiger partial charge in [-0.3, -0.25) is 9.36 Å². The molecule has 2 atom stereocenters. The summed E-state index contributed by atoms with van der Waals surface area (Å²) in [4.78, 5) is 28.9. The number of hydrogen-bond acceptors (Lipinski definition) is 3. The zero-order valence-electron chi connectivity index (χ0n) is 13.2. The Morgan fingerprint density at radius 3 is 2.88 bits per heavy atom. The number of benzene rings is 1. The van der Waals surface area contributed by atoms with E-state index in [-0.39, 0.29) is 31.2 Å². The number of fused-ring (bicyclic) bond motifs is 1. The Hall–Kier alpha value is -2.15. The van der Waals surface area contributed by atoms with Crippen molar-refractivity contribution in [1.82, 2.24) is 14.5 Å². The summed E-state index contributed by atoms with van der Waals surface area (Å²) in [6, 6.07) is 4.59. The summed E-state index contributed by atoms with van der Waals surface area (Å²) < 4.78 is 15.3. The minimum absolute atomic E-state index is 0.00130. The number of nitrogens with one attached hydrogen (secondary N) is 1. The highest BCUT2D eigenvalue weighted by molar-refractivity contribution is 5.97. The van der Waals surface area contributed by atoms with Gasteiger partial charge >= 0.3 is 5.69 Å². The molecule has 1 aromatic heterocycles. The van der Waals surface area contributed by atoms with Crippen molar-refractivity contribution in [2.45, 2.75) is 38.0 Å². The normalized spacial score (nSPS) is 24.0. The molecular formula is C17H20FN3O3. The van der Waals surface area contributed by atoms with Crippen LogP contribution in [0, 0.1) is 5.92 Å². The van der Waals surface area contributed by atoms with Crippen molar-refractivity contribution in [2.75, 3.05) is 13.2 Å². The molecule has 6 nitrogen and oxygen atoms in total. The SMILES string of the molecule is O=C(c1ccc2c(c1)[nH]c(=O)n2CC1CC1)N1C[C@@H](F)C[C@H]1CO. The fraction of sp³-hybridized carbons (Fsp3) is 0.529. The lowest BCUT2D eigenvalue weighted by Crippen LogP contribution is -2.37. The second-order valence-electron chi connectivity index (χ2n) is 6.84. The van der Waals surface area contributed by atoms with Crippen LogP contribution in [0.1, 0.15) is 29.6 Å². The van der Waals surface area contributed by atoms with E-state index < -0.39 is 12.2 Å². The van der Waals surface area contributed by atoms with Crippen molar-refractivity contribution in [2.24, 2.45) is 5.92 Å². The van der Waals surface area contributed by atoms with Crippen molar-refractivity contribution in [3.8, 4) is 0 Å². The summed E-state index contributed by atoms with van der Waals surface area (Å²) in [5.41, 5.74) is 1.63. The van der Waals surface area contributed by atoms with Crippen molar-refractivity contribution in [3.05, 3.63) is 34.2 Å². The molecule has 1 saturated carbocycles. The van der Waals surface area contributed by atoms with Crippen LogP contribution in [0.3, 0.4) is 0 Å². The first kappa shape index (κ1) is 15.4. The summed E-state index contributed by atoms with van der Waals surface area (Å²) in [7, 11) is 0. The van der Waals surface area contributed by atoms with Crippen molar-refractivity contribution >= 4 is 16.9 Å². The quantitative estimate of drug-likeness (QED) is 0.885. The monoisotopic (exact) mass is 333 g/mol. The molecule has 7 heteroatoms. The van der Waals surface area contributed by atoms with Gasteiger partial charge in [-0.15, -0.1) is 0 Å². The summed E-state index contributed by atoms with van der Waals surface area (Å²) in [6.07, 6.45) is 1.36. The van der Waals surface area contributed by atoms with E-state index >= 15 is 0 Å². The number of hydrogen-bond donors (Lipinski definition) is 2. The first-order valence-corrected chi connectivity index (χ1v) is 8.35. The van der Waals surface area contributed by atoms with E-state index in [2.05, 4.69) is 4.98 Å². The lowest BCUT2D eigenvalue weighted by molar-refractivity contribution is 0.0673. The number of H-pyrrole nitrogens is 1. The summed E-state index contributed by atoms with van der Waals surface area (Å²) in [5.74, 6) is 0.256. The molecule has 2 fully saturated rings. The van der Waals surface area contributed by atoms with Crippen LogP contribution in [-0.2, 0) is 6.54 Å². The number of aliphatic hydroxyl groups excluding tert-OH is 1. The number of imidazole rings is 1. The molecule has 24 heavy (non-hydrogen) atoms. The molecule has 2 aliphatic rings. The first-order valence-electron chi connectivity index (χ1n) is 8.35. The first-order chi connectivity index (χ1) is 11.6. The zero-order valence-corrected chi connectivity index (χ0v) is 13.2. The smallest absolute Gasteiger partial charge is 0.326 e. The fourth-order valence-electron chi connectivity index (χ4n) is 3.48. The highest BCUT2D eigenvalue weighted by Gasteiger charge is 2.35. The van der Waals surface area contributed by atoms with Crippen LogP contribution in [0.15, 0.2) is 23.0 Å². The van der Waals surface area contributed by atoms with E-state index in [0.717, 1.165) is 18.4 Å². The zero-order chi connectivity index (χ0) is 16.8. The predicted octanol–water partition coefficient (Wildman–Crippen LogP) is 1.28. The van der Waals surface area contributed by atoms with Gasteiger partial charge in [0.2, 0.25) is 0 Å². The maximum absolute atomic E-state index is 13.6. The van der Waals surface area contributed by atoms with E-state index in [1.54, 1.807) is 22.8 Å². The van der Waals surface area contributed by atoms with Crippen molar-refractivity contribution in [3.63, 3.8) is 0 Å². The Bertz CT molecular complexity index is 839. The van der Waals surface area contributed by atoms with Gasteiger partial charge in [0.15, 0.2) is 0 Å². The van der Waals surface area contributed by atoms with Gasteiger partial charge in [0.25, 0.3) is 5.91 Å². The molecule has 128 valence electrons. The molecule has 1 amide bonds. The van der Waals surface area contributed by atoms with Crippen LogP contribution in [0.5, 0.6) is 0 Å². The van der Waals surface area contributed by atoms with Gasteiger partial charge in [0, 0.05) is 18.5 Å². The molecule has 2 heterocycles. The Morgan fingerprint density at radius 2 is 2.17 bits per heavy atom. The molecule has 1 aliphatic carbocycles. The number of nitrogens with zero attached hydrogens (tertiary/aromatic N) is 2. The van der Waals surface area contributed by atoms with Gasteiger partial charge in [0.1, 0.15) is 6.17 Å². The van der Waals surface area contributed by atoms with E-state index in [0.29, 0.717) is 23.5 Å². The molecule has 0 unspecified atom stereocenters. The lowest BCUT2D eigenvalue weighted by Gasteiger charge is -2.22. The van der Waals surface area contributed by atoms with Crippen LogP contribution in [0.4, 0.5) is 4.39 Å². The van der Waals surface area contributed by atoms with Gasteiger partial charge in [-0.05, 0) is 37.0 Å². The third-order valence-electron chi connectivity index (χ3n) is 4.99. The van der Waals surface area contributed by atoms with Crippen LogP contribution in [0.25, 0.3) is 11.0 Å². The maximum Gasteiger partial charge on any atom is 0.326 e. The number of carbonyl (C=O) groups is 1. The Balaban J connectivity index is 1.65. The number of amides is 1. The highest BCUT2D eigenvalue weighted by atomic mass is 19.1. The van der Waals surface area contributed by atoms with E-state index in [1.807, 2.05) is 0 Å². The number of alkyl halides is 1. The number of rotatable bonds is 4. The summed E-state index contributed by atoms with van der Waals surface area (Å²) in [6.45, 7) is 0.457. The molecular weight excluding hydrogens is 313 g/mol. The Morgan fingerprint density at radius 1 is 1.38 bits per heavy atom. The van der Waals surface area contributed by atoms with Gasteiger partial charge in [-0.2, -0.15) is 0 Å². The number of carbonyl (C=O) groups excluding carboxylic acids is 1. The van der Waals surface area contributed by atoms with Crippen LogP contribution in [0.2, 0.25) is 0 Å². The average Bonchev–Trinajstić information content (AvgIpc) is 3.23. The molecule has 4 rings (SSSR count). The van der Waals surface area contributed by atoms with Gasteiger partial charge in [-0.25, -0.2) is 9.18 Å². The number of aromatic nitrogens is 2. The number of halogens is 1. The van der Waals surface area contributed by atoms with E-state index in [4.69, 9.17) is 0 Å². The average molecular weight is 333 g/mol. The van der Waals surface area contributed by atoms with Crippen LogP contribution >= 0.6 is 0 Å². The summed E-state index contributed by atoms with van der Waals surface area (Å²) >= 11 is 0. The van der Waals surface area contributed by atoms with Gasteiger partial charge < -0.3 is 15.0 Å². The topological polar surface area (TPSA) is 78.3 Å². The fourth-order valence-corrected chi connectivity index (χ4v) is 3.48. The molecule has 2 N–H and O–H groups in total. The molecule has 1 saturated heterocycles. The van der Waals surface area contributed by atoms with Crippen LogP contribution < -0.4 is 5.69 Å². The van der Waals surface area contributed by atoms with Gasteiger partial charge in [-0.1, -0.05) is 0 Å². The lowest BCUT2D eigenvalue weighted by atomic mass is 10.1. The largest absolute Gasteiger partial charge is 0.394 e. The molecule has 0 radical (unpaired) electrons. The highest BCUT2D eigenvalue weighted by Crippen LogP contribution is 2.31. The maximum atomic E-state index is 13.6. The number of aliphatic hydroxyl groups is 1. The second-order valence-corrected chi connectivity index (χ2v) is 6.84. The van der Waals surface area contributed by atoms with Crippen molar-refractivity contribution < 1.29 is 14.3 Å². The molecule has 0 bridgehead atoms. The summed E-state index contributed by atoms with van der Waals surface area (Å²) in [5, 5.41) is 9.34. The minimum Gasteiger partial charge on any atom is -0.394 e. The third-order valence-corrected chi connectivity index (χ3v) is 4.99. The van der Waals surface area contributed by atoms with Crippen molar-refractivity contribution in [1.29, 1.82) is 0 Å². The third kappa shape index (κ3) is 2.62. The Labute approximate surface area is 137 Å². The predicted molar refractivity (Wildman–Crippen MR) is 86.7 cm³/mol. The number of likely N-dealkylation sites (tertiary alicyclic amines) is 1. The molecule has 1 aliphatic heterocycles. The second kappa shape index (κ2) is 5.73. The van der Waals surface area contributed by atoms with Crippen LogP contribution in [-0.4, -0.2) is 50.8 Å². The standard InChI is InChI=1S/C17H20FN3O3/c18-12-6-13(9-22)20(8-12)16(23)11-3-4-15-14(5-11)19-17(24)21(15)7-10-1-2-10/h3-5,10,12-13,22H,1-2,6-9H2,(H,19,24)/t12-,13-/m0/s1. The molecule has 2 aromatic rings.